The molecule has 0 spiro atoms. The number of fused-ring (bicyclic) bond motifs is 3. The molecule has 0 bridgehead atoms. The molecule has 4 aromatic carbocycles. The molecule has 4 aromatic rings. The van der Waals surface area contributed by atoms with E-state index in [0.29, 0.717) is 6.42 Å². The summed E-state index contributed by atoms with van der Waals surface area (Å²) in [4.78, 5) is -0.0576. The molecule has 5 rings (SSSR count). The van der Waals surface area contributed by atoms with Crippen LogP contribution >= 0.6 is 23.2 Å². The van der Waals surface area contributed by atoms with Crippen LogP contribution in [-0.4, -0.2) is 16.8 Å². The van der Waals surface area contributed by atoms with Crippen molar-refractivity contribution in [3.05, 3.63) is 106 Å². The Morgan fingerprint density at radius 3 is 1.37 bits per heavy atom. The molecule has 0 heterocycles. The first kappa shape index (κ1) is 23.7. The molecule has 0 atom stereocenters. The van der Waals surface area contributed by atoms with Gasteiger partial charge in [0.1, 0.15) is 9.79 Å². The highest BCUT2D eigenvalue weighted by Crippen LogP contribution is 2.39. The van der Waals surface area contributed by atoms with E-state index in [9.17, 15) is 16.8 Å². The van der Waals surface area contributed by atoms with Gasteiger partial charge in [-0.25, -0.2) is 0 Å². The Labute approximate surface area is 212 Å². The lowest BCUT2D eigenvalue weighted by molar-refractivity contribution is 0.484. The second-order valence-electron chi connectivity index (χ2n) is 7.75. The number of benzene rings is 4. The lowest BCUT2D eigenvalue weighted by Gasteiger charge is -2.10. The Bertz CT molecular complexity index is 1560. The SMILES string of the molecule is O=S(=O)(Oc1ccccc1Cl)c1ccc2c(c1)Cc1cc(S(=O)(=O)Oc3ccccc3Cl)ccc1-2. The van der Waals surface area contributed by atoms with E-state index >= 15 is 0 Å². The predicted molar refractivity (Wildman–Crippen MR) is 133 cm³/mol. The minimum atomic E-state index is -4.13. The zero-order valence-electron chi connectivity index (χ0n) is 17.8. The first-order chi connectivity index (χ1) is 16.6. The van der Waals surface area contributed by atoms with Crippen LogP contribution in [0.3, 0.4) is 0 Å². The fourth-order valence-electron chi connectivity index (χ4n) is 3.83. The average Bonchev–Trinajstić information content (AvgIpc) is 3.19. The van der Waals surface area contributed by atoms with Crippen LogP contribution in [0.15, 0.2) is 94.7 Å². The number of halogens is 2. The van der Waals surface area contributed by atoms with E-state index in [1.54, 1.807) is 36.4 Å². The number of rotatable bonds is 6. The standard InChI is InChI=1S/C25H16Cl2O6S2/c26-22-5-1-3-7-24(22)32-34(28,29)18-9-11-20-16(14-18)13-17-15-19(10-12-21(17)20)35(30,31)33-25-8-4-2-6-23(25)27/h1-12,14-15H,13H2. The third-order valence-electron chi connectivity index (χ3n) is 5.47. The highest BCUT2D eigenvalue weighted by molar-refractivity contribution is 7.87. The summed E-state index contributed by atoms with van der Waals surface area (Å²) in [6.07, 6.45) is 0.343. The van der Waals surface area contributed by atoms with Crippen LogP contribution in [0.5, 0.6) is 11.5 Å². The van der Waals surface area contributed by atoms with Crippen molar-refractivity contribution >= 4 is 43.4 Å². The van der Waals surface area contributed by atoms with Crippen LogP contribution in [0, 0.1) is 0 Å². The van der Waals surface area contributed by atoms with Gasteiger partial charge in [0.2, 0.25) is 0 Å². The van der Waals surface area contributed by atoms with Crippen LogP contribution in [-0.2, 0) is 26.7 Å². The van der Waals surface area contributed by atoms with Crippen molar-refractivity contribution in [2.45, 2.75) is 16.2 Å². The molecule has 0 unspecified atom stereocenters. The molecule has 6 nitrogen and oxygen atoms in total. The third-order valence-corrected chi connectivity index (χ3v) is 8.56. The molecule has 0 aromatic heterocycles. The van der Waals surface area contributed by atoms with Gasteiger partial charge in [-0.15, -0.1) is 0 Å². The van der Waals surface area contributed by atoms with Gasteiger partial charge in [-0.2, -0.15) is 16.8 Å². The molecule has 0 fully saturated rings. The molecule has 178 valence electrons. The van der Waals surface area contributed by atoms with Gasteiger partial charge in [-0.05, 0) is 77.2 Å². The Hall–Kier alpha value is -3.04. The van der Waals surface area contributed by atoms with E-state index in [2.05, 4.69) is 0 Å². The van der Waals surface area contributed by atoms with E-state index in [0.717, 1.165) is 22.3 Å². The minimum absolute atomic E-state index is 0.0288. The Kier molecular flexibility index (Phi) is 6.01. The molecular weight excluding hydrogens is 531 g/mol. The summed E-state index contributed by atoms with van der Waals surface area (Å²) in [5.74, 6) is 0.0673. The van der Waals surface area contributed by atoms with Gasteiger partial charge in [-0.3, -0.25) is 0 Å². The van der Waals surface area contributed by atoms with Crippen molar-refractivity contribution in [2.24, 2.45) is 0 Å². The monoisotopic (exact) mass is 546 g/mol. The average molecular weight is 547 g/mol. The van der Waals surface area contributed by atoms with Crippen LogP contribution in [0.25, 0.3) is 11.1 Å². The van der Waals surface area contributed by atoms with Crippen LogP contribution in [0.4, 0.5) is 0 Å². The summed E-state index contributed by atoms with van der Waals surface area (Å²) < 4.78 is 61.7. The summed E-state index contributed by atoms with van der Waals surface area (Å²) in [5, 5.41) is 0.356. The van der Waals surface area contributed by atoms with E-state index < -0.39 is 20.2 Å². The van der Waals surface area contributed by atoms with Crippen molar-refractivity contribution < 1.29 is 25.2 Å². The largest absolute Gasteiger partial charge is 0.377 e. The maximum atomic E-state index is 12.8. The molecule has 0 amide bonds. The Balaban J connectivity index is 1.43. The summed E-state index contributed by atoms with van der Waals surface area (Å²) in [6.45, 7) is 0. The molecule has 35 heavy (non-hydrogen) atoms. The minimum Gasteiger partial charge on any atom is -0.377 e. The third kappa shape index (κ3) is 4.62. The zero-order chi connectivity index (χ0) is 24.8. The summed E-state index contributed by atoms with van der Waals surface area (Å²) in [6, 6.07) is 21.9. The number of para-hydroxylation sites is 2. The van der Waals surface area contributed by atoms with Gasteiger partial charge in [0.25, 0.3) is 0 Å². The van der Waals surface area contributed by atoms with Gasteiger partial charge in [0, 0.05) is 0 Å². The van der Waals surface area contributed by atoms with E-state index in [-0.39, 0.29) is 31.3 Å². The van der Waals surface area contributed by atoms with Gasteiger partial charge in [-0.1, -0.05) is 59.6 Å². The second-order valence-corrected chi connectivity index (χ2v) is 11.7. The maximum Gasteiger partial charge on any atom is 0.339 e. The van der Waals surface area contributed by atoms with E-state index in [4.69, 9.17) is 31.6 Å². The van der Waals surface area contributed by atoms with Crippen molar-refractivity contribution in [2.75, 3.05) is 0 Å². The lowest BCUT2D eigenvalue weighted by Crippen LogP contribution is -2.10. The van der Waals surface area contributed by atoms with E-state index in [1.165, 1.54) is 48.5 Å². The molecule has 0 radical (unpaired) electrons. The number of hydrogen-bond donors (Lipinski definition) is 0. The first-order valence-corrected chi connectivity index (χ1v) is 13.9. The Morgan fingerprint density at radius 1 is 0.571 bits per heavy atom. The van der Waals surface area contributed by atoms with Crippen molar-refractivity contribution in [1.82, 2.24) is 0 Å². The molecule has 1 aliphatic rings. The number of hydrogen-bond acceptors (Lipinski definition) is 6. The van der Waals surface area contributed by atoms with Crippen LogP contribution in [0.2, 0.25) is 10.0 Å². The van der Waals surface area contributed by atoms with E-state index in [1.807, 2.05) is 0 Å². The molecule has 10 heteroatoms. The quantitative estimate of drug-likeness (QED) is 0.239. The highest BCUT2D eigenvalue weighted by atomic mass is 35.5. The zero-order valence-corrected chi connectivity index (χ0v) is 21.0. The van der Waals surface area contributed by atoms with Crippen molar-refractivity contribution in [3.63, 3.8) is 0 Å². The summed E-state index contributed by atoms with van der Waals surface area (Å²) in [7, 11) is -8.26. The topological polar surface area (TPSA) is 86.7 Å². The summed E-state index contributed by atoms with van der Waals surface area (Å²) in [5.41, 5.74) is 3.08. The van der Waals surface area contributed by atoms with Crippen LogP contribution in [0.1, 0.15) is 11.1 Å². The molecule has 0 N–H and O–H groups in total. The fourth-order valence-corrected chi connectivity index (χ4v) is 6.27. The highest BCUT2D eigenvalue weighted by Gasteiger charge is 2.26. The molecule has 0 saturated heterocycles. The second kappa shape index (κ2) is 8.87. The smallest absolute Gasteiger partial charge is 0.339 e. The summed E-state index contributed by atoms with van der Waals surface area (Å²) >= 11 is 12.1. The van der Waals surface area contributed by atoms with Crippen LogP contribution < -0.4 is 8.37 Å². The molecule has 0 saturated carbocycles. The van der Waals surface area contributed by atoms with Gasteiger partial charge in [0.15, 0.2) is 11.5 Å². The maximum absolute atomic E-state index is 12.8. The normalized spacial score (nSPS) is 12.6. The lowest BCUT2D eigenvalue weighted by atomic mass is 10.1. The fraction of sp³-hybridized carbons (Fsp3) is 0.0400. The van der Waals surface area contributed by atoms with Gasteiger partial charge >= 0.3 is 20.2 Å². The van der Waals surface area contributed by atoms with Gasteiger partial charge in [0.05, 0.1) is 10.0 Å². The molecular formula is C25H16Cl2O6S2. The predicted octanol–water partition coefficient (Wildman–Crippen LogP) is 6.10. The van der Waals surface area contributed by atoms with Crippen molar-refractivity contribution in [1.29, 1.82) is 0 Å². The molecule has 0 aliphatic heterocycles. The first-order valence-electron chi connectivity index (χ1n) is 10.3. The Morgan fingerprint density at radius 2 is 0.971 bits per heavy atom. The van der Waals surface area contributed by atoms with Gasteiger partial charge < -0.3 is 8.37 Å². The molecule has 1 aliphatic carbocycles. The van der Waals surface area contributed by atoms with Crippen molar-refractivity contribution in [3.8, 4) is 22.6 Å².